The number of carbonyl (C=O) groups excluding carboxylic acids is 2. The Morgan fingerprint density at radius 1 is 0.684 bits per heavy atom. The van der Waals surface area contributed by atoms with Crippen molar-refractivity contribution in [3.63, 3.8) is 0 Å². The van der Waals surface area contributed by atoms with Crippen molar-refractivity contribution < 1.29 is 34.0 Å². The lowest BCUT2D eigenvalue weighted by atomic mass is 9.77. The van der Waals surface area contributed by atoms with E-state index < -0.39 is 22.4 Å². The highest BCUT2D eigenvalue weighted by atomic mass is 35.5. The molecule has 0 spiro atoms. The number of ether oxygens (including phenoxy) is 3. The summed E-state index contributed by atoms with van der Waals surface area (Å²) in [4.78, 5) is 29.1. The van der Waals surface area contributed by atoms with Crippen LogP contribution in [-0.2, 0) is 36.6 Å². The molecule has 2 N–H and O–H groups in total. The van der Waals surface area contributed by atoms with Gasteiger partial charge >= 0.3 is 0 Å². The molecule has 57 heavy (non-hydrogen) atoms. The minimum atomic E-state index is -1.35. The molecular weight excluding hydrogens is 736 g/mol. The second kappa shape index (κ2) is 15.8. The van der Waals surface area contributed by atoms with Crippen LogP contribution in [0.3, 0.4) is 0 Å². The van der Waals surface area contributed by atoms with E-state index >= 15 is 0 Å². The van der Waals surface area contributed by atoms with Crippen molar-refractivity contribution in [3.8, 4) is 34.6 Å². The summed E-state index contributed by atoms with van der Waals surface area (Å²) in [5.41, 5.74) is 2.74. The number of Topliss-reactive ketones (excluding diaryl/α,β-unsaturated/α-hetero) is 2. The number of hydrogen-bond acceptors (Lipinski definition) is 7. The van der Waals surface area contributed by atoms with E-state index in [-0.39, 0.29) is 40.8 Å². The van der Waals surface area contributed by atoms with Crippen molar-refractivity contribution >= 4 is 34.3 Å². The smallest absolute Gasteiger partial charge is 0.200 e. The number of rotatable bonds is 11. The first-order chi connectivity index (χ1) is 26.9. The predicted octanol–water partition coefficient (Wildman–Crippen LogP) is 10.7. The van der Waals surface area contributed by atoms with Crippen LogP contribution in [0.1, 0.15) is 89.1 Å². The largest absolute Gasteiger partial charge is 0.508 e. The number of ketones is 2. The zero-order chi connectivity index (χ0) is 41.5. The Kier molecular flexibility index (Phi) is 11.5. The zero-order valence-corrected chi connectivity index (χ0v) is 34.8. The molecule has 0 saturated heterocycles. The van der Waals surface area contributed by atoms with Gasteiger partial charge in [-0.3, -0.25) is 9.59 Å². The van der Waals surface area contributed by atoms with Gasteiger partial charge in [0.2, 0.25) is 5.78 Å². The van der Waals surface area contributed by atoms with Gasteiger partial charge < -0.3 is 24.4 Å². The molecule has 296 valence electrons. The fourth-order valence-electron chi connectivity index (χ4n) is 8.22. The summed E-state index contributed by atoms with van der Waals surface area (Å²) in [6, 6.07) is 26.9. The molecule has 2 aliphatic heterocycles. The van der Waals surface area contributed by atoms with Crippen molar-refractivity contribution in [2.45, 2.75) is 96.6 Å². The van der Waals surface area contributed by atoms with Crippen LogP contribution < -0.4 is 0 Å². The first kappa shape index (κ1) is 41.7. The summed E-state index contributed by atoms with van der Waals surface area (Å²) in [7, 11) is 1.51. The lowest BCUT2D eigenvalue weighted by Gasteiger charge is -2.43. The first-order valence-corrected chi connectivity index (χ1v) is 19.7. The monoisotopic (exact) mass is 786 g/mol. The van der Waals surface area contributed by atoms with E-state index in [4.69, 9.17) is 32.2 Å². The van der Waals surface area contributed by atoms with E-state index in [2.05, 4.69) is 5.92 Å². The van der Waals surface area contributed by atoms with Crippen molar-refractivity contribution in [1.82, 2.24) is 0 Å². The Morgan fingerprint density at radius 2 is 1.14 bits per heavy atom. The first-order valence-electron chi connectivity index (χ1n) is 19.3. The summed E-state index contributed by atoms with van der Waals surface area (Å²) in [5, 5.41) is 24.0. The Hall–Kier alpha value is -4.97. The molecule has 0 bridgehead atoms. The SMILES string of the molecule is C#Cc1ccc(-c2ccc(CC)c(C3=C(O)C(C)(C)OC(C)(CCCc4ccc(-c5ccc(Cl)cc5)cc4C4=C(O)C(C)(C)OC(C)(COC)C4=O)C3=O)c2)cc1. The molecule has 8 heteroatoms. The van der Waals surface area contributed by atoms with Crippen LogP contribution in [-0.4, -0.2) is 57.9 Å². The van der Waals surface area contributed by atoms with Gasteiger partial charge in [0.15, 0.2) is 11.4 Å². The molecule has 0 saturated carbocycles. The van der Waals surface area contributed by atoms with Gasteiger partial charge in [-0.2, -0.15) is 0 Å². The maximum Gasteiger partial charge on any atom is 0.200 e. The van der Waals surface area contributed by atoms with Gasteiger partial charge in [0.25, 0.3) is 0 Å². The summed E-state index contributed by atoms with van der Waals surface area (Å²) >= 11 is 6.21. The fourth-order valence-corrected chi connectivity index (χ4v) is 8.34. The highest BCUT2D eigenvalue weighted by Crippen LogP contribution is 2.45. The Labute approximate surface area is 341 Å². The quantitative estimate of drug-likeness (QED) is 0.146. The summed E-state index contributed by atoms with van der Waals surface area (Å²) in [6.07, 6.45) is 7.49. The highest BCUT2D eigenvalue weighted by molar-refractivity contribution is 6.30. The Morgan fingerprint density at radius 3 is 1.65 bits per heavy atom. The lowest BCUT2D eigenvalue weighted by molar-refractivity contribution is -0.173. The minimum absolute atomic E-state index is 0.00473. The molecule has 6 rings (SSSR count). The van der Waals surface area contributed by atoms with E-state index in [1.165, 1.54) is 7.11 Å². The van der Waals surface area contributed by atoms with E-state index in [0.717, 1.165) is 38.9 Å². The van der Waals surface area contributed by atoms with Gasteiger partial charge in [0, 0.05) is 17.7 Å². The van der Waals surface area contributed by atoms with Crippen LogP contribution in [0.15, 0.2) is 96.4 Å². The number of aryl methyl sites for hydroxylation is 2. The number of terminal acetylenes is 1. The topological polar surface area (TPSA) is 102 Å². The van der Waals surface area contributed by atoms with Crippen molar-refractivity contribution in [1.29, 1.82) is 0 Å². The molecular formula is C49H51ClO7. The van der Waals surface area contributed by atoms with Gasteiger partial charge in [-0.1, -0.05) is 73.0 Å². The van der Waals surface area contributed by atoms with E-state index in [1.807, 2.05) is 79.7 Å². The molecule has 2 atom stereocenters. The molecule has 4 aromatic carbocycles. The highest BCUT2D eigenvalue weighted by Gasteiger charge is 2.51. The van der Waals surface area contributed by atoms with Crippen LogP contribution in [0.25, 0.3) is 33.4 Å². The number of hydrogen-bond donors (Lipinski definition) is 2. The molecule has 0 aromatic heterocycles. The van der Waals surface area contributed by atoms with Gasteiger partial charge in [0.05, 0.1) is 17.8 Å². The van der Waals surface area contributed by atoms with Gasteiger partial charge in [-0.15, -0.1) is 6.42 Å². The van der Waals surface area contributed by atoms with Crippen molar-refractivity contribution in [2.24, 2.45) is 0 Å². The molecule has 0 radical (unpaired) electrons. The number of aliphatic hydroxyl groups is 2. The maximum absolute atomic E-state index is 14.7. The third-order valence-corrected chi connectivity index (χ3v) is 11.5. The molecule has 7 nitrogen and oxygen atoms in total. The predicted molar refractivity (Wildman–Crippen MR) is 227 cm³/mol. The second-order valence-electron chi connectivity index (χ2n) is 16.4. The summed E-state index contributed by atoms with van der Waals surface area (Å²) in [5.74, 6) is 1.68. The standard InChI is InChI=1S/C49H51ClO7/c1-10-30-14-16-32(17-15-30)35-20-18-31(11-2)38(27-35)40-42(51)46(3,4)56-48(7,44(40)53)26-12-13-34-19-21-36(33-22-24-37(50)25-23-33)28-39(34)41-43(52)47(5,6)57-49(8,29-55-9)45(41)54/h1,14-25,27-28,51-52H,11-13,26,29H2,2-9H3. The zero-order valence-electron chi connectivity index (χ0n) is 34.0. The van der Waals surface area contributed by atoms with Crippen LogP contribution in [0.4, 0.5) is 0 Å². The van der Waals surface area contributed by atoms with Crippen LogP contribution in [0.2, 0.25) is 5.02 Å². The van der Waals surface area contributed by atoms with Crippen LogP contribution >= 0.6 is 11.6 Å². The number of aliphatic hydroxyl groups excluding tert-OH is 2. The van der Waals surface area contributed by atoms with Crippen molar-refractivity contribution in [2.75, 3.05) is 13.7 Å². The third kappa shape index (κ3) is 7.97. The molecule has 0 aliphatic carbocycles. The fraction of sp³-hybridized carbons (Fsp3) is 0.347. The number of benzene rings is 4. The molecule has 4 aromatic rings. The average Bonchev–Trinajstić information content (AvgIpc) is 3.17. The molecule has 2 heterocycles. The van der Waals surface area contributed by atoms with Gasteiger partial charge in [-0.25, -0.2) is 0 Å². The molecule has 0 amide bonds. The average molecular weight is 787 g/mol. The van der Waals surface area contributed by atoms with E-state index in [9.17, 15) is 19.8 Å². The number of methoxy groups -OCH3 is 1. The molecule has 2 aliphatic rings. The Balaban J connectivity index is 1.37. The van der Waals surface area contributed by atoms with Gasteiger partial charge in [0.1, 0.15) is 28.3 Å². The van der Waals surface area contributed by atoms with Crippen molar-refractivity contribution in [3.05, 3.63) is 129 Å². The van der Waals surface area contributed by atoms with Gasteiger partial charge in [-0.05, 0) is 148 Å². The van der Waals surface area contributed by atoms with E-state index in [1.54, 1.807) is 53.7 Å². The summed E-state index contributed by atoms with van der Waals surface area (Å²) in [6.45, 7) is 12.5. The normalized spacial score (nSPS) is 21.8. The van der Waals surface area contributed by atoms with E-state index in [0.29, 0.717) is 41.8 Å². The second-order valence-corrected chi connectivity index (χ2v) is 16.8. The number of carbonyl (C=O) groups is 2. The Bertz CT molecular complexity index is 2320. The van der Waals surface area contributed by atoms with Crippen LogP contribution in [0.5, 0.6) is 0 Å². The van der Waals surface area contributed by atoms with Crippen LogP contribution in [0, 0.1) is 12.3 Å². The number of halogens is 1. The minimum Gasteiger partial charge on any atom is -0.508 e. The lowest BCUT2D eigenvalue weighted by Crippen LogP contribution is -2.54. The summed E-state index contributed by atoms with van der Waals surface area (Å²) < 4.78 is 18.1. The molecule has 0 fully saturated rings. The maximum atomic E-state index is 14.7. The third-order valence-electron chi connectivity index (χ3n) is 11.2. The molecule has 2 unspecified atom stereocenters.